The average molecular weight is 250 g/mol. The first kappa shape index (κ1) is 14.5. The molecule has 0 aromatic heterocycles. The molecule has 2 heteroatoms. The summed E-state index contributed by atoms with van der Waals surface area (Å²) in [6.45, 7) is 14.6. The van der Waals surface area contributed by atoms with Gasteiger partial charge >= 0.3 is 0 Å². The third-order valence-corrected chi connectivity index (χ3v) is 7.43. The molecule has 17 heavy (non-hydrogen) atoms. The summed E-state index contributed by atoms with van der Waals surface area (Å²) in [5.74, 6) is 0. The van der Waals surface area contributed by atoms with Gasteiger partial charge in [0.2, 0.25) is 0 Å². The zero-order valence-corrected chi connectivity index (χ0v) is 13.3. The highest BCUT2D eigenvalue weighted by atomic mass is 28.3. The Morgan fingerprint density at radius 1 is 1.12 bits per heavy atom. The molecule has 0 saturated carbocycles. The first-order chi connectivity index (χ1) is 7.79. The van der Waals surface area contributed by atoms with Crippen LogP contribution in [-0.2, 0) is 6.54 Å². The monoisotopic (exact) mass is 250 g/mol. The van der Waals surface area contributed by atoms with E-state index in [-0.39, 0.29) is 0 Å². The van der Waals surface area contributed by atoms with E-state index in [0.29, 0.717) is 0 Å². The lowest BCUT2D eigenvalue weighted by Gasteiger charge is -2.44. The lowest BCUT2D eigenvalue weighted by atomic mass is 10.2. The van der Waals surface area contributed by atoms with Gasteiger partial charge < -0.3 is 4.48 Å². The molecule has 2 unspecified atom stereocenters. The fraction of sp³-hybridized carbons (Fsp3) is 0.600. The smallest absolute Gasteiger partial charge is 0.114 e. The zero-order chi connectivity index (χ0) is 13.1. The highest BCUT2D eigenvalue weighted by molar-refractivity contribution is 6.77. The van der Waals surface area contributed by atoms with E-state index in [1.807, 2.05) is 0 Å². The number of benzene rings is 1. The normalized spacial score (nSPS) is 17.5. The molecule has 0 aliphatic carbocycles. The zero-order valence-electron chi connectivity index (χ0n) is 12.3. The molecule has 1 rings (SSSR count). The summed E-state index contributed by atoms with van der Waals surface area (Å²) in [6.07, 6.45) is 0. The van der Waals surface area contributed by atoms with E-state index in [2.05, 4.69) is 70.9 Å². The van der Waals surface area contributed by atoms with Gasteiger partial charge in [-0.3, -0.25) is 0 Å². The summed E-state index contributed by atoms with van der Waals surface area (Å²) in [4.78, 5) is 0. The van der Waals surface area contributed by atoms with Crippen molar-refractivity contribution in [2.24, 2.45) is 0 Å². The van der Waals surface area contributed by atoms with Crippen LogP contribution in [0, 0.1) is 0 Å². The molecular formula is C15H28NSi+. The molecule has 0 fully saturated rings. The highest BCUT2D eigenvalue weighted by Gasteiger charge is 2.37. The van der Waals surface area contributed by atoms with Gasteiger partial charge in [0.1, 0.15) is 14.6 Å². The van der Waals surface area contributed by atoms with Crippen LogP contribution in [0.5, 0.6) is 0 Å². The first-order valence-electron chi connectivity index (χ1n) is 6.68. The minimum atomic E-state index is -1.10. The molecule has 1 nitrogen and oxygen atoms in total. The summed E-state index contributed by atoms with van der Waals surface area (Å²) < 4.78 is 1.17. The molecule has 0 spiro atoms. The molecule has 0 heterocycles. The van der Waals surface area contributed by atoms with E-state index in [1.165, 1.54) is 16.6 Å². The average Bonchev–Trinajstić information content (AvgIpc) is 2.28. The van der Waals surface area contributed by atoms with E-state index in [0.717, 1.165) is 12.2 Å². The Balaban J connectivity index is 2.90. The number of hydrogen-bond donors (Lipinski definition) is 0. The Labute approximate surface area is 108 Å². The maximum Gasteiger partial charge on any atom is 0.114 e. The molecule has 0 aliphatic heterocycles. The van der Waals surface area contributed by atoms with Crippen molar-refractivity contribution in [2.75, 3.05) is 13.6 Å². The van der Waals surface area contributed by atoms with E-state index in [1.54, 1.807) is 0 Å². The lowest BCUT2D eigenvalue weighted by molar-refractivity contribution is -0.932. The SMILES string of the molecule is CC[N+](C)(Cc1ccccc1)C(C)[Si](C)(C)C. The van der Waals surface area contributed by atoms with Crippen molar-refractivity contribution in [2.45, 2.75) is 45.7 Å². The second-order valence-electron chi connectivity index (χ2n) is 6.48. The quantitative estimate of drug-likeness (QED) is 0.549. The van der Waals surface area contributed by atoms with Gasteiger partial charge in [0.25, 0.3) is 0 Å². The standard InChI is InChI=1S/C15H28NSi/c1-7-16(3,14(2)17(4,5)6)13-15-11-9-8-10-12-15/h8-12,14H,7,13H2,1-6H3/q+1. The van der Waals surface area contributed by atoms with Crippen molar-refractivity contribution in [3.05, 3.63) is 35.9 Å². The van der Waals surface area contributed by atoms with Gasteiger partial charge in [0.15, 0.2) is 0 Å². The van der Waals surface area contributed by atoms with Crippen LogP contribution in [-0.4, -0.2) is 31.8 Å². The highest BCUT2D eigenvalue weighted by Crippen LogP contribution is 2.23. The van der Waals surface area contributed by atoms with Crippen LogP contribution >= 0.6 is 0 Å². The Morgan fingerprint density at radius 3 is 2.06 bits per heavy atom. The van der Waals surface area contributed by atoms with E-state index < -0.39 is 8.07 Å². The van der Waals surface area contributed by atoms with Crippen molar-refractivity contribution in [3.63, 3.8) is 0 Å². The van der Waals surface area contributed by atoms with Crippen molar-refractivity contribution in [3.8, 4) is 0 Å². The van der Waals surface area contributed by atoms with Crippen molar-refractivity contribution in [1.29, 1.82) is 0 Å². The second-order valence-corrected chi connectivity index (χ2v) is 12.0. The van der Waals surface area contributed by atoms with Gasteiger partial charge in [-0.25, -0.2) is 0 Å². The molecule has 0 aliphatic rings. The maximum atomic E-state index is 2.48. The molecule has 0 saturated heterocycles. The molecule has 0 N–H and O–H groups in total. The summed E-state index contributed by atoms with van der Waals surface area (Å²) in [5, 5.41) is 0. The first-order valence-corrected chi connectivity index (χ1v) is 10.3. The third kappa shape index (κ3) is 3.68. The van der Waals surface area contributed by atoms with Gasteiger partial charge in [-0.2, -0.15) is 0 Å². The van der Waals surface area contributed by atoms with Gasteiger partial charge in [-0.05, 0) is 13.8 Å². The molecule has 1 aromatic carbocycles. The van der Waals surface area contributed by atoms with Crippen molar-refractivity contribution in [1.82, 2.24) is 0 Å². The number of quaternary nitrogens is 1. The molecule has 96 valence electrons. The molecule has 1 aromatic rings. The lowest BCUT2D eigenvalue weighted by Crippen LogP contribution is -2.59. The van der Waals surface area contributed by atoms with E-state index in [9.17, 15) is 0 Å². The Kier molecular flexibility index (Phi) is 4.56. The minimum absolute atomic E-state index is 0.785. The molecule has 0 amide bonds. The summed E-state index contributed by atoms with van der Waals surface area (Å²) in [7, 11) is 1.31. The van der Waals surface area contributed by atoms with Gasteiger partial charge in [0.05, 0.1) is 19.3 Å². The van der Waals surface area contributed by atoms with Crippen LogP contribution in [0.3, 0.4) is 0 Å². The van der Waals surface area contributed by atoms with Crippen molar-refractivity contribution >= 4 is 8.07 Å². The van der Waals surface area contributed by atoms with Crippen molar-refractivity contribution < 1.29 is 4.48 Å². The summed E-state index contributed by atoms with van der Waals surface area (Å²) in [5.41, 5.74) is 2.25. The minimum Gasteiger partial charge on any atom is -0.324 e. The van der Waals surface area contributed by atoms with Gasteiger partial charge in [0, 0.05) is 5.56 Å². The molecule has 0 radical (unpaired) electrons. The maximum absolute atomic E-state index is 2.48. The summed E-state index contributed by atoms with van der Waals surface area (Å²) in [6, 6.07) is 10.9. The van der Waals surface area contributed by atoms with Crippen LogP contribution < -0.4 is 0 Å². The fourth-order valence-electron chi connectivity index (χ4n) is 2.46. The second kappa shape index (κ2) is 5.36. The Bertz CT molecular complexity index is 342. The van der Waals surface area contributed by atoms with Crippen LogP contribution in [0.25, 0.3) is 0 Å². The van der Waals surface area contributed by atoms with Gasteiger partial charge in [-0.1, -0.05) is 50.0 Å². The molecule has 0 bridgehead atoms. The predicted molar refractivity (Wildman–Crippen MR) is 79.7 cm³/mol. The van der Waals surface area contributed by atoms with E-state index >= 15 is 0 Å². The number of nitrogens with zero attached hydrogens (tertiary/aromatic N) is 1. The van der Waals surface area contributed by atoms with Crippen LogP contribution in [0.1, 0.15) is 19.4 Å². The number of rotatable bonds is 5. The molecule has 2 atom stereocenters. The van der Waals surface area contributed by atoms with E-state index in [4.69, 9.17) is 0 Å². The Morgan fingerprint density at radius 2 is 1.65 bits per heavy atom. The summed E-state index contributed by atoms with van der Waals surface area (Å²) >= 11 is 0. The van der Waals surface area contributed by atoms with Crippen LogP contribution in [0.4, 0.5) is 0 Å². The van der Waals surface area contributed by atoms with Crippen LogP contribution in [0.15, 0.2) is 30.3 Å². The van der Waals surface area contributed by atoms with Crippen LogP contribution in [0.2, 0.25) is 19.6 Å². The Hall–Kier alpha value is -0.603. The topological polar surface area (TPSA) is 0 Å². The largest absolute Gasteiger partial charge is 0.324 e. The molecular weight excluding hydrogens is 222 g/mol. The fourth-order valence-corrected chi connectivity index (χ4v) is 4.60. The predicted octanol–water partition coefficient (Wildman–Crippen LogP) is 3.92. The number of hydrogen-bond acceptors (Lipinski definition) is 0. The third-order valence-electron chi connectivity index (χ3n) is 4.30. The van der Waals surface area contributed by atoms with Gasteiger partial charge in [-0.15, -0.1) is 0 Å².